The van der Waals surface area contributed by atoms with Crippen LogP contribution in [-0.4, -0.2) is 29.0 Å². The van der Waals surface area contributed by atoms with Crippen molar-refractivity contribution >= 4 is 29.0 Å². The molecule has 2 aromatic carbocycles. The number of nitrogens with one attached hydrogen (secondary N) is 1. The predicted molar refractivity (Wildman–Crippen MR) is 95.3 cm³/mol. The van der Waals surface area contributed by atoms with E-state index in [4.69, 9.17) is 9.26 Å². The Morgan fingerprint density at radius 1 is 1.36 bits per heavy atom. The third-order valence-corrected chi connectivity index (χ3v) is 4.53. The Morgan fingerprint density at radius 3 is 2.71 bits per heavy atom. The van der Waals surface area contributed by atoms with Crippen molar-refractivity contribution < 1.29 is 28.8 Å². The molecule has 0 aliphatic heterocycles. The standard InChI is InChI=1S/C17H14N4O6S/c1-26-14-8-6-12(7-9-14)20-16(17(23)27-19-20)28-10-15(22)18-11-2-4-13(5-3-11)21(24)25/h2,4-9,23H,10H2,1H3,(H,18,22)/p-1. The van der Waals surface area contributed by atoms with Crippen LogP contribution in [0.1, 0.15) is 0 Å². The zero-order valence-electron chi connectivity index (χ0n) is 14.4. The van der Waals surface area contributed by atoms with Crippen LogP contribution in [0.25, 0.3) is 5.69 Å². The Bertz CT molecular complexity index is 988. The summed E-state index contributed by atoms with van der Waals surface area (Å²) in [5.41, 5.74) is 0.721. The summed E-state index contributed by atoms with van der Waals surface area (Å²) >= 11 is 0.949. The van der Waals surface area contributed by atoms with Crippen molar-refractivity contribution in [3.05, 3.63) is 58.6 Å². The van der Waals surface area contributed by atoms with Crippen LogP contribution in [0.3, 0.4) is 0 Å². The third-order valence-electron chi connectivity index (χ3n) is 3.51. The lowest BCUT2D eigenvalue weighted by atomic mass is 10.3. The van der Waals surface area contributed by atoms with Gasteiger partial charge in [0.2, 0.25) is 11.6 Å². The highest BCUT2D eigenvalue weighted by Gasteiger charge is 2.22. The fourth-order valence-corrected chi connectivity index (χ4v) is 2.93. The number of hydrogen-bond donors (Lipinski definition) is 1. The molecule has 144 valence electrons. The maximum absolute atomic E-state index is 12.1. The largest absolute Gasteiger partial charge is 0.538 e. The minimum absolute atomic E-state index is 0.0998. The average Bonchev–Trinajstić information content (AvgIpc) is 3.07. The summed E-state index contributed by atoms with van der Waals surface area (Å²) in [5.74, 6) is -0.548. The number of nitrogens with zero attached hydrogens (tertiary/aromatic N) is 3. The predicted octanol–water partition coefficient (Wildman–Crippen LogP) is 1.47. The van der Waals surface area contributed by atoms with E-state index in [-0.39, 0.29) is 22.2 Å². The number of methoxy groups -OCH3 is 1. The fraction of sp³-hybridized carbons (Fsp3) is 0.118. The quantitative estimate of drug-likeness (QED) is 0.207. The Kier molecular flexibility index (Phi) is 5.75. The van der Waals surface area contributed by atoms with E-state index in [0.29, 0.717) is 11.4 Å². The summed E-state index contributed by atoms with van der Waals surface area (Å²) < 4.78 is 11.1. The van der Waals surface area contributed by atoms with Crippen molar-refractivity contribution in [1.82, 2.24) is 5.27 Å². The van der Waals surface area contributed by atoms with Crippen molar-refractivity contribution in [2.75, 3.05) is 18.2 Å². The van der Waals surface area contributed by atoms with Crippen molar-refractivity contribution in [1.29, 1.82) is 0 Å². The van der Waals surface area contributed by atoms with Crippen molar-refractivity contribution in [3.63, 3.8) is 0 Å². The Balaban J connectivity index is 1.66. The lowest BCUT2D eigenvalue weighted by Crippen LogP contribution is -2.35. The molecule has 1 heterocycles. The molecule has 1 aromatic heterocycles. The van der Waals surface area contributed by atoms with Gasteiger partial charge in [0.05, 0.1) is 18.1 Å². The lowest BCUT2D eigenvalue weighted by molar-refractivity contribution is -0.705. The van der Waals surface area contributed by atoms with Crippen LogP contribution in [0, 0.1) is 16.2 Å². The van der Waals surface area contributed by atoms with Gasteiger partial charge in [0.1, 0.15) is 5.75 Å². The zero-order chi connectivity index (χ0) is 20.1. The number of nitro groups is 1. The first-order chi connectivity index (χ1) is 13.5. The molecule has 0 fully saturated rings. The molecular formula is C17H13N4O6S-. The van der Waals surface area contributed by atoms with E-state index < -0.39 is 16.8 Å². The molecular weight excluding hydrogens is 388 g/mol. The smallest absolute Gasteiger partial charge is 0.298 e. The van der Waals surface area contributed by atoms with Gasteiger partial charge in [-0.05, 0) is 28.6 Å². The molecule has 0 saturated carbocycles. The van der Waals surface area contributed by atoms with E-state index in [0.717, 1.165) is 17.8 Å². The van der Waals surface area contributed by atoms with Gasteiger partial charge in [-0.15, -0.1) is 6.07 Å². The van der Waals surface area contributed by atoms with E-state index in [2.05, 4.69) is 16.7 Å². The van der Waals surface area contributed by atoms with Crippen LogP contribution in [0.2, 0.25) is 0 Å². The minimum atomic E-state index is -0.671. The van der Waals surface area contributed by atoms with E-state index in [1.165, 1.54) is 23.9 Å². The van der Waals surface area contributed by atoms with Gasteiger partial charge < -0.3 is 19.7 Å². The van der Waals surface area contributed by atoms with Gasteiger partial charge in [-0.1, -0.05) is 17.8 Å². The van der Waals surface area contributed by atoms with Gasteiger partial charge in [0.25, 0.3) is 5.03 Å². The number of aromatic nitrogens is 2. The molecule has 28 heavy (non-hydrogen) atoms. The van der Waals surface area contributed by atoms with Crippen LogP contribution >= 0.6 is 11.8 Å². The number of benzene rings is 2. The van der Waals surface area contributed by atoms with Crippen LogP contribution in [0.15, 0.2) is 52.0 Å². The molecule has 0 aliphatic rings. The highest BCUT2D eigenvalue weighted by molar-refractivity contribution is 7.99. The minimum Gasteiger partial charge on any atom is -0.538 e. The SMILES string of the molecule is COc1ccc(-[n+]2noc([O-])c2SCC(=O)Nc2[c-]cc([N+](=O)[O-])cc2)cc1. The number of non-ortho nitro benzene ring substituents is 1. The van der Waals surface area contributed by atoms with Gasteiger partial charge in [-0.3, -0.25) is 14.9 Å². The molecule has 1 N–H and O–H groups in total. The van der Waals surface area contributed by atoms with Crippen molar-refractivity contribution in [2.45, 2.75) is 5.03 Å². The first-order valence-electron chi connectivity index (χ1n) is 7.80. The third kappa shape index (κ3) is 4.38. The van der Waals surface area contributed by atoms with Gasteiger partial charge in [-0.2, -0.15) is 6.07 Å². The van der Waals surface area contributed by atoms with Crippen LogP contribution in [0.4, 0.5) is 11.4 Å². The molecule has 10 nitrogen and oxygen atoms in total. The van der Waals surface area contributed by atoms with Crippen LogP contribution < -0.4 is 19.8 Å². The van der Waals surface area contributed by atoms with Crippen LogP contribution in [-0.2, 0) is 4.79 Å². The molecule has 0 aliphatic carbocycles. The number of nitro benzene ring substituents is 1. The van der Waals surface area contributed by atoms with Gasteiger partial charge >= 0.3 is 0 Å². The summed E-state index contributed by atoms with van der Waals surface area (Å²) in [6, 6.07) is 13.2. The summed E-state index contributed by atoms with van der Waals surface area (Å²) in [5, 5.41) is 28.9. The molecule has 0 spiro atoms. The van der Waals surface area contributed by atoms with Crippen molar-refractivity contribution in [3.8, 4) is 17.4 Å². The Hall–Kier alpha value is -3.60. The summed E-state index contributed by atoms with van der Waals surface area (Å²) in [6.07, 6.45) is 0. The number of carbonyl (C=O) groups excluding carboxylic acids is 1. The molecule has 0 saturated heterocycles. The van der Waals surface area contributed by atoms with Crippen LogP contribution in [0.5, 0.6) is 11.7 Å². The first-order valence-corrected chi connectivity index (χ1v) is 8.78. The summed E-state index contributed by atoms with van der Waals surface area (Å²) in [4.78, 5) is 22.2. The molecule has 0 bridgehead atoms. The number of amides is 1. The second kappa shape index (κ2) is 8.39. The first kappa shape index (κ1) is 19.2. The number of hydrogen-bond acceptors (Lipinski definition) is 8. The Morgan fingerprint density at radius 2 is 2.11 bits per heavy atom. The number of rotatable bonds is 7. The molecule has 0 radical (unpaired) electrons. The van der Waals surface area contributed by atoms with E-state index in [9.17, 15) is 20.0 Å². The summed E-state index contributed by atoms with van der Waals surface area (Å²) in [7, 11) is 1.54. The number of carbonyl (C=O) groups is 1. The van der Waals surface area contributed by atoms with E-state index in [1.54, 1.807) is 24.3 Å². The van der Waals surface area contributed by atoms with E-state index in [1.807, 2.05) is 0 Å². The van der Waals surface area contributed by atoms with Gasteiger partial charge in [-0.25, -0.2) is 0 Å². The zero-order valence-corrected chi connectivity index (χ0v) is 15.3. The summed E-state index contributed by atoms with van der Waals surface area (Å²) in [6.45, 7) is 0. The maximum atomic E-state index is 12.1. The van der Waals surface area contributed by atoms with E-state index >= 15 is 0 Å². The highest BCUT2D eigenvalue weighted by Crippen LogP contribution is 2.24. The second-order valence-corrected chi connectivity index (χ2v) is 6.29. The van der Waals surface area contributed by atoms with Gasteiger partial charge in [0, 0.05) is 17.1 Å². The molecule has 1 amide bonds. The maximum Gasteiger partial charge on any atom is 0.298 e. The highest BCUT2D eigenvalue weighted by atomic mass is 32.2. The average molecular weight is 401 g/mol. The monoisotopic (exact) mass is 401 g/mol. The Labute approximate surface area is 162 Å². The lowest BCUT2D eigenvalue weighted by Gasteiger charge is -2.09. The number of anilines is 1. The van der Waals surface area contributed by atoms with Crippen molar-refractivity contribution in [2.24, 2.45) is 0 Å². The normalized spacial score (nSPS) is 10.5. The molecule has 3 aromatic rings. The topological polar surface area (TPSA) is 134 Å². The molecule has 0 unspecified atom stereocenters. The molecule has 0 atom stereocenters. The number of thioether (sulfide) groups is 1. The molecule has 11 heteroatoms. The fourth-order valence-electron chi connectivity index (χ4n) is 2.18. The molecule has 3 rings (SSSR count). The number of ether oxygens (including phenoxy) is 1. The van der Waals surface area contributed by atoms with Gasteiger partial charge in [0.15, 0.2) is 11.6 Å². The second-order valence-electron chi connectivity index (χ2n) is 5.33.